The molecule has 0 aromatic carbocycles. The molecular formula is C10H21BN2O. The lowest BCUT2D eigenvalue weighted by molar-refractivity contribution is -0.133. The van der Waals surface area contributed by atoms with Gasteiger partial charge in [-0.3, -0.25) is 9.69 Å². The van der Waals surface area contributed by atoms with Crippen LogP contribution in [-0.4, -0.2) is 48.8 Å². The topological polar surface area (TPSA) is 23.6 Å². The average Bonchev–Trinajstić information content (AvgIpc) is 2.09. The Hall–Kier alpha value is -0.505. The lowest BCUT2D eigenvalue weighted by Gasteiger charge is -2.43. The van der Waals surface area contributed by atoms with Crippen molar-refractivity contribution in [1.29, 1.82) is 0 Å². The fourth-order valence-electron chi connectivity index (χ4n) is 2.05. The molecule has 1 aliphatic rings. The van der Waals surface area contributed by atoms with E-state index in [9.17, 15) is 4.79 Å². The molecule has 0 aromatic heterocycles. The largest absolute Gasteiger partial charge is 0.391 e. The first kappa shape index (κ1) is 11.6. The van der Waals surface area contributed by atoms with E-state index in [-0.39, 0.29) is 11.4 Å². The summed E-state index contributed by atoms with van der Waals surface area (Å²) in [7, 11) is 1.88. The zero-order valence-corrected chi connectivity index (χ0v) is 9.84. The highest BCUT2D eigenvalue weighted by atomic mass is 16.2. The number of hydrogen-bond donors (Lipinski definition) is 0. The van der Waals surface area contributed by atoms with Crippen LogP contribution in [-0.2, 0) is 4.79 Å². The number of carbonyl (C=O) groups is 1. The highest BCUT2D eigenvalue weighted by molar-refractivity contribution is 6.14. The van der Waals surface area contributed by atoms with Crippen LogP contribution >= 0.6 is 0 Å². The van der Waals surface area contributed by atoms with Crippen LogP contribution < -0.4 is 0 Å². The molecule has 14 heavy (non-hydrogen) atoms. The number of carbonyl (C=O) groups excluding carboxylic acids is 1. The Bertz CT molecular complexity index is 218. The van der Waals surface area contributed by atoms with Crippen LogP contribution in [0.15, 0.2) is 0 Å². The van der Waals surface area contributed by atoms with Crippen molar-refractivity contribution >= 4 is 13.9 Å². The van der Waals surface area contributed by atoms with E-state index in [1.807, 2.05) is 12.8 Å². The molecule has 1 heterocycles. The fourth-order valence-corrected chi connectivity index (χ4v) is 2.05. The third-order valence-electron chi connectivity index (χ3n) is 3.18. The summed E-state index contributed by atoms with van der Waals surface area (Å²) >= 11 is 0. The molecule has 0 aromatic rings. The molecule has 1 rings (SSSR count). The molecule has 0 saturated carbocycles. The molecule has 0 aliphatic carbocycles. The fraction of sp³-hybridized carbons (Fsp3) is 0.900. The lowest BCUT2D eigenvalue weighted by atomic mass is 9.95. The maximum Gasteiger partial charge on any atom is 0.224 e. The van der Waals surface area contributed by atoms with Gasteiger partial charge in [0, 0.05) is 18.6 Å². The quantitative estimate of drug-likeness (QED) is 0.604. The third kappa shape index (κ3) is 2.50. The Kier molecular flexibility index (Phi) is 3.59. The van der Waals surface area contributed by atoms with E-state index in [0.717, 1.165) is 19.5 Å². The minimum absolute atomic E-state index is 0.172. The summed E-state index contributed by atoms with van der Waals surface area (Å²) in [6.07, 6.45) is 2.33. The zero-order valence-electron chi connectivity index (χ0n) is 9.84. The summed E-state index contributed by atoms with van der Waals surface area (Å²) in [4.78, 5) is 15.7. The van der Waals surface area contributed by atoms with Crippen molar-refractivity contribution < 1.29 is 4.79 Å². The van der Waals surface area contributed by atoms with E-state index in [1.54, 1.807) is 0 Å². The highest BCUT2D eigenvalue weighted by Gasteiger charge is 2.31. The standard InChI is InChI=1S/C10H21BN2O/c1-4-5-10(2,3)12-6-7-13(11)9(14)8-12/h4-8,11H2,1-3H3. The van der Waals surface area contributed by atoms with Gasteiger partial charge in [0.15, 0.2) is 0 Å². The number of amides is 1. The summed E-state index contributed by atoms with van der Waals surface area (Å²) in [6, 6.07) is 0. The van der Waals surface area contributed by atoms with Gasteiger partial charge in [-0.25, -0.2) is 0 Å². The molecule has 1 saturated heterocycles. The molecule has 0 unspecified atom stereocenters. The lowest BCUT2D eigenvalue weighted by Crippen LogP contribution is -2.56. The Morgan fingerprint density at radius 1 is 1.43 bits per heavy atom. The van der Waals surface area contributed by atoms with E-state index in [1.165, 1.54) is 6.42 Å². The first-order valence-corrected chi connectivity index (χ1v) is 5.46. The summed E-state index contributed by atoms with van der Waals surface area (Å²) < 4.78 is 0. The van der Waals surface area contributed by atoms with Crippen molar-refractivity contribution in [1.82, 2.24) is 9.71 Å². The first-order chi connectivity index (χ1) is 6.47. The molecule has 0 radical (unpaired) electrons. The molecule has 1 fully saturated rings. The molecule has 0 bridgehead atoms. The van der Waals surface area contributed by atoms with Gasteiger partial charge in [-0.05, 0) is 20.3 Å². The van der Waals surface area contributed by atoms with Gasteiger partial charge in [-0.1, -0.05) is 13.3 Å². The zero-order chi connectivity index (χ0) is 10.8. The maximum atomic E-state index is 11.5. The van der Waals surface area contributed by atoms with Gasteiger partial charge in [-0.15, -0.1) is 0 Å². The Balaban J connectivity index is 2.57. The smallest absolute Gasteiger partial charge is 0.224 e. The van der Waals surface area contributed by atoms with Crippen LogP contribution in [0.4, 0.5) is 0 Å². The van der Waals surface area contributed by atoms with Crippen molar-refractivity contribution in [3.63, 3.8) is 0 Å². The van der Waals surface area contributed by atoms with Gasteiger partial charge >= 0.3 is 0 Å². The monoisotopic (exact) mass is 196 g/mol. The Labute approximate surface area is 87.9 Å². The first-order valence-electron chi connectivity index (χ1n) is 5.46. The van der Waals surface area contributed by atoms with Gasteiger partial charge in [-0.2, -0.15) is 0 Å². The number of nitrogens with zero attached hydrogens (tertiary/aromatic N) is 2. The van der Waals surface area contributed by atoms with Crippen molar-refractivity contribution in [3.8, 4) is 0 Å². The highest BCUT2D eigenvalue weighted by Crippen LogP contribution is 2.21. The van der Waals surface area contributed by atoms with Gasteiger partial charge in [0.1, 0.15) is 0 Å². The number of hydrogen-bond acceptors (Lipinski definition) is 2. The van der Waals surface area contributed by atoms with Crippen LogP contribution in [0.5, 0.6) is 0 Å². The van der Waals surface area contributed by atoms with E-state index >= 15 is 0 Å². The summed E-state index contributed by atoms with van der Waals surface area (Å²) in [6.45, 7) is 9.12. The van der Waals surface area contributed by atoms with Crippen LogP contribution in [0.25, 0.3) is 0 Å². The molecule has 0 N–H and O–H groups in total. The normalized spacial score (nSPS) is 20.2. The third-order valence-corrected chi connectivity index (χ3v) is 3.18. The molecule has 1 aliphatic heterocycles. The summed E-state index contributed by atoms with van der Waals surface area (Å²) in [5.74, 6) is 0.250. The van der Waals surface area contributed by atoms with Gasteiger partial charge in [0.05, 0.1) is 6.54 Å². The minimum Gasteiger partial charge on any atom is -0.391 e. The maximum absolute atomic E-state index is 11.5. The Morgan fingerprint density at radius 2 is 2.07 bits per heavy atom. The van der Waals surface area contributed by atoms with Crippen molar-refractivity contribution in [2.24, 2.45) is 0 Å². The van der Waals surface area contributed by atoms with Gasteiger partial charge < -0.3 is 4.81 Å². The van der Waals surface area contributed by atoms with E-state index in [0.29, 0.717) is 6.54 Å². The van der Waals surface area contributed by atoms with Crippen LogP contribution in [0, 0.1) is 0 Å². The van der Waals surface area contributed by atoms with E-state index in [4.69, 9.17) is 0 Å². The molecule has 0 spiro atoms. The summed E-state index contributed by atoms with van der Waals surface area (Å²) in [5.41, 5.74) is 0.172. The van der Waals surface area contributed by atoms with Crippen LogP contribution in [0.2, 0.25) is 0 Å². The molecule has 80 valence electrons. The van der Waals surface area contributed by atoms with Crippen molar-refractivity contribution in [2.45, 2.75) is 39.2 Å². The second-order valence-electron chi connectivity index (χ2n) is 4.80. The SMILES string of the molecule is BN1CCN(C(C)(C)CCC)CC1=O. The molecule has 3 nitrogen and oxygen atoms in total. The van der Waals surface area contributed by atoms with Crippen LogP contribution in [0.3, 0.4) is 0 Å². The molecule has 4 heteroatoms. The van der Waals surface area contributed by atoms with Crippen molar-refractivity contribution in [3.05, 3.63) is 0 Å². The molecule has 0 atom stereocenters. The van der Waals surface area contributed by atoms with E-state index in [2.05, 4.69) is 25.7 Å². The second-order valence-corrected chi connectivity index (χ2v) is 4.80. The number of rotatable bonds is 3. The predicted octanol–water partition coefficient (Wildman–Crippen LogP) is 0.257. The predicted molar refractivity (Wildman–Crippen MR) is 60.8 cm³/mol. The number of piperazine rings is 1. The summed E-state index contributed by atoms with van der Waals surface area (Å²) in [5, 5.41) is 0. The molecular weight excluding hydrogens is 175 g/mol. The van der Waals surface area contributed by atoms with Crippen LogP contribution in [0.1, 0.15) is 33.6 Å². The van der Waals surface area contributed by atoms with Gasteiger partial charge in [0.2, 0.25) is 13.9 Å². The average molecular weight is 196 g/mol. The minimum atomic E-state index is 0.172. The van der Waals surface area contributed by atoms with Crippen molar-refractivity contribution in [2.75, 3.05) is 19.6 Å². The van der Waals surface area contributed by atoms with Gasteiger partial charge in [0.25, 0.3) is 0 Å². The van der Waals surface area contributed by atoms with E-state index < -0.39 is 0 Å². The molecule has 1 amide bonds. The Morgan fingerprint density at radius 3 is 2.57 bits per heavy atom. The second kappa shape index (κ2) is 4.34.